The van der Waals surface area contributed by atoms with Gasteiger partial charge in [-0.3, -0.25) is 4.79 Å². The molecule has 1 heterocycles. The maximum atomic E-state index is 11.9. The fraction of sp³-hybridized carbons (Fsp3) is 0.176. The average molecular weight is 296 g/mol. The van der Waals surface area contributed by atoms with E-state index in [2.05, 4.69) is 10.5 Å². The Balaban J connectivity index is 1.72. The fourth-order valence-electron chi connectivity index (χ4n) is 2.26. The van der Waals surface area contributed by atoms with E-state index in [4.69, 9.17) is 9.26 Å². The third-order valence-corrected chi connectivity index (χ3v) is 3.43. The number of carbonyl (C=O) groups excluding carboxylic acids is 1. The van der Waals surface area contributed by atoms with E-state index >= 15 is 0 Å². The summed E-state index contributed by atoms with van der Waals surface area (Å²) >= 11 is 0. The zero-order valence-electron chi connectivity index (χ0n) is 12.4. The van der Waals surface area contributed by atoms with Crippen molar-refractivity contribution in [3.8, 4) is 5.75 Å². The molecule has 1 N–H and O–H groups in total. The van der Waals surface area contributed by atoms with Crippen LogP contribution in [0.15, 0.2) is 47.0 Å². The van der Waals surface area contributed by atoms with Crippen LogP contribution < -0.4 is 10.1 Å². The second kappa shape index (κ2) is 5.89. The van der Waals surface area contributed by atoms with Gasteiger partial charge in [-0.25, -0.2) is 0 Å². The first kappa shape index (κ1) is 14.1. The van der Waals surface area contributed by atoms with Gasteiger partial charge in [0.25, 0.3) is 5.91 Å². The van der Waals surface area contributed by atoms with E-state index in [-0.39, 0.29) is 5.91 Å². The van der Waals surface area contributed by atoms with E-state index in [0.717, 1.165) is 22.1 Å². The van der Waals surface area contributed by atoms with E-state index in [9.17, 15) is 4.79 Å². The highest BCUT2D eigenvalue weighted by atomic mass is 16.5. The van der Waals surface area contributed by atoms with Crippen molar-refractivity contribution in [3.63, 3.8) is 0 Å². The Kier molecular flexibility index (Phi) is 3.78. The van der Waals surface area contributed by atoms with Crippen molar-refractivity contribution >= 4 is 16.7 Å². The number of nitrogens with one attached hydrogen (secondary N) is 1. The molecule has 0 radical (unpaired) electrons. The first-order valence-electron chi connectivity index (χ1n) is 6.94. The second-order valence-electron chi connectivity index (χ2n) is 5.05. The zero-order valence-corrected chi connectivity index (χ0v) is 12.4. The summed E-state index contributed by atoms with van der Waals surface area (Å²) in [5.74, 6) is 1.20. The van der Waals surface area contributed by atoms with Crippen molar-refractivity contribution in [1.82, 2.24) is 10.5 Å². The number of aromatic nitrogens is 1. The van der Waals surface area contributed by atoms with Gasteiger partial charge in [-0.15, -0.1) is 0 Å². The van der Waals surface area contributed by atoms with E-state index in [1.165, 1.54) is 0 Å². The van der Waals surface area contributed by atoms with Crippen LogP contribution in [0.1, 0.15) is 21.8 Å². The molecule has 3 aromatic rings. The summed E-state index contributed by atoms with van der Waals surface area (Å²) in [4.78, 5) is 11.9. The molecule has 0 atom stereocenters. The number of hydrogen-bond acceptors (Lipinski definition) is 4. The normalized spacial score (nSPS) is 10.6. The lowest BCUT2D eigenvalue weighted by molar-refractivity contribution is 0.0942. The first-order valence-corrected chi connectivity index (χ1v) is 6.94. The standard InChI is InChI=1S/C17H16N2O3/c1-11-7-16(19-22-11)17(20)18-10-12-3-4-14-9-15(21-2)6-5-13(14)8-12/h3-9H,10H2,1-2H3,(H,18,20). The van der Waals surface area contributed by atoms with E-state index in [0.29, 0.717) is 18.0 Å². The van der Waals surface area contributed by atoms with Gasteiger partial charge in [-0.1, -0.05) is 23.4 Å². The Bertz CT molecular complexity index is 824. The lowest BCUT2D eigenvalue weighted by Crippen LogP contribution is -2.23. The Morgan fingerprint density at radius 2 is 1.95 bits per heavy atom. The smallest absolute Gasteiger partial charge is 0.273 e. The summed E-state index contributed by atoms with van der Waals surface area (Å²) in [6.45, 7) is 2.19. The quantitative estimate of drug-likeness (QED) is 0.803. The summed E-state index contributed by atoms with van der Waals surface area (Å²) in [6, 6.07) is 13.6. The van der Waals surface area contributed by atoms with Crippen molar-refractivity contribution < 1.29 is 14.1 Å². The minimum absolute atomic E-state index is 0.244. The van der Waals surface area contributed by atoms with Crippen LogP contribution in [-0.2, 0) is 6.54 Å². The van der Waals surface area contributed by atoms with Crippen LogP contribution in [0.5, 0.6) is 5.75 Å². The van der Waals surface area contributed by atoms with Crippen molar-refractivity contribution in [3.05, 3.63) is 59.5 Å². The van der Waals surface area contributed by atoms with Gasteiger partial charge < -0.3 is 14.6 Å². The maximum Gasteiger partial charge on any atom is 0.273 e. The predicted molar refractivity (Wildman–Crippen MR) is 82.9 cm³/mol. The van der Waals surface area contributed by atoms with Crippen LogP contribution in [0.4, 0.5) is 0 Å². The number of methoxy groups -OCH3 is 1. The van der Waals surface area contributed by atoms with Gasteiger partial charge in [-0.2, -0.15) is 0 Å². The maximum absolute atomic E-state index is 11.9. The first-order chi connectivity index (χ1) is 10.7. The number of fused-ring (bicyclic) bond motifs is 1. The SMILES string of the molecule is COc1ccc2cc(CNC(=O)c3cc(C)on3)ccc2c1. The number of amides is 1. The van der Waals surface area contributed by atoms with Crippen LogP contribution >= 0.6 is 0 Å². The Morgan fingerprint density at radius 1 is 1.18 bits per heavy atom. The number of aryl methyl sites for hydroxylation is 1. The lowest BCUT2D eigenvalue weighted by atomic mass is 10.1. The van der Waals surface area contributed by atoms with E-state index in [1.54, 1.807) is 20.1 Å². The van der Waals surface area contributed by atoms with Gasteiger partial charge >= 0.3 is 0 Å². The average Bonchev–Trinajstić information content (AvgIpc) is 2.98. The molecule has 0 saturated carbocycles. The largest absolute Gasteiger partial charge is 0.497 e. The minimum Gasteiger partial charge on any atom is -0.497 e. The monoisotopic (exact) mass is 296 g/mol. The van der Waals surface area contributed by atoms with Gasteiger partial charge in [0.05, 0.1) is 7.11 Å². The highest BCUT2D eigenvalue weighted by Crippen LogP contribution is 2.21. The molecule has 2 aromatic carbocycles. The minimum atomic E-state index is -0.244. The van der Waals surface area contributed by atoms with Crippen molar-refractivity contribution in [1.29, 1.82) is 0 Å². The summed E-state index contributed by atoms with van der Waals surface area (Å²) in [6.07, 6.45) is 0. The molecule has 3 rings (SSSR count). The molecule has 5 heteroatoms. The molecule has 0 unspecified atom stereocenters. The summed E-state index contributed by atoms with van der Waals surface area (Å²) in [7, 11) is 1.65. The second-order valence-corrected chi connectivity index (χ2v) is 5.05. The Labute approximate surface area is 127 Å². The summed E-state index contributed by atoms with van der Waals surface area (Å²) in [5, 5.41) is 8.73. The summed E-state index contributed by atoms with van der Waals surface area (Å²) < 4.78 is 10.1. The zero-order chi connectivity index (χ0) is 15.5. The molecule has 0 aliphatic heterocycles. The Hall–Kier alpha value is -2.82. The van der Waals surface area contributed by atoms with E-state index in [1.807, 2.05) is 36.4 Å². The number of hydrogen-bond donors (Lipinski definition) is 1. The van der Waals surface area contributed by atoms with Gasteiger partial charge in [0.15, 0.2) is 5.69 Å². The number of carbonyl (C=O) groups is 1. The van der Waals surface area contributed by atoms with Gasteiger partial charge in [0.1, 0.15) is 11.5 Å². The molecule has 0 saturated heterocycles. The van der Waals surface area contributed by atoms with Crippen molar-refractivity contribution in [2.24, 2.45) is 0 Å². The third kappa shape index (κ3) is 2.93. The Morgan fingerprint density at radius 3 is 2.68 bits per heavy atom. The molecular formula is C17H16N2O3. The van der Waals surface area contributed by atoms with Crippen LogP contribution in [0.3, 0.4) is 0 Å². The highest BCUT2D eigenvalue weighted by molar-refractivity contribution is 5.92. The fourth-order valence-corrected chi connectivity index (χ4v) is 2.26. The molecule has 0 bridgehead atoms. The third-order valence-electron chi connectivity index (χ3n) is 3.43. The molecule has 5 nitrogen and oxygen atoms in total. The molecule has 0 aliphatic carbocycles. The van der Waals surface area contributed by atoms with E-state index < -0.39 is 0 Å². The number of benzene rings is 2. The van der Waals surface area contributed by atoms with Crippen molar-refractivity contribution in [2.45, 2.75) is 13.5 Å². The van der Waals surface area contributed by atoms with Crippen LogP contribution in [0, 0.1) is 6.92 Å². The molecular weight excluding hydrogens is 280 g/mol. The molecule has 0 aliphatic rings. The van der Waals surface area contributed by atoms with Gasteiger partial charge in [-0.05, 0) is 41.5 Å². The van der Waals surface area contributed by atoms with Crippen LogP contribution in [-0.4, -0.2) is 18.2 Å². The summed E-state index contributed by atoms with van der Waals surface area (Å²) in [5.41, 5.74) is 1.31. The highest BCUT2D eigenvalue weighted by Gasteiger charge is 2.10. The van der Waals surface area contributed by atoms with Crippen LogP contribution in [0.2, 0.25) is 0 Å². The number of nitrogens with zero attached hydrogens (tertiary/aromatic N) is 1. The van der Waals surface area contributed by atoms with Gasteiger partial charge in [0.2, 0.25) is 0 Å². The lowest BCUT2D eigenvalue weighted by Gasteiger charge is -2.06. The van der Waals surface area contributed by atoms with Crippen molar-refractivity contribution in [2.75, 3.05) is 7.11 Å². The molecule has 1 amide bonds. The number of ether oxygens (including phenoxy) is 1. The molecule has 22 heavy (non-hydrogen) atoms. The topological polar surface area (TPSA) is 64.4 Å². The molecule has 112 valence electrons. The van der Waals surface area contributed by atoms with Crippen LogP contribution in [0.25, 0.3) is 10.8 Å². The molecule has 1 aromatic heterocycles. The molecule has 0 fully saturated rings. The van der Waals surface area contributed by atoms with Gasteiger partial charge in [0, 0.05) is 12.6 Å². The molecule has 0 spiro atoms. The predicted octanol–water partition coefficient (Wildman–Crippen LogP) is 3.07. The number of rotatable bonds is 4.